The third kappa shape index (κ3) is 6.45. The Labute approximate surface area is 151 Å². The van der Waals surface area contributed by atoms with Crippen LogP contribution in [-0.4, -0.2) is 18.5 Å². The van der Waals surface area contributed by atoms with Gasteiger partial charge in [0, 0.05) is 17.6 Å². The summed E-state index contributed by atoms with van der Waals surface area (Å²) in [5.74, 6) is -0.453. The summed E-state index contributed by atoms with van der Waals surface area (Å²) in [4.78, 5) is 23.1. The summed E-state index contributed by atoms with van der Waals surface area (Å²) in [7, 11) is 0. The van der Waals surface area contributed by atoms with E-state index < -0.39 is 5.97 Å². The van der Waals surface area contributed by atoms with E-state index in [-0.39, 0.29) is 12.5 Å². The maximum absolute atomic E-state index is 11.6. The maximum Gasteiger partial charge on any atom is 0.331 e. The molecule has 0 unspecified atom stereocenters. The molecule has 0 aliphatic carbocycles. The van der Waals surface area contributed by atoms with Crippen molar-refractivity contribution >= 4 is 52.1 Å². The lowest BCUT2D eigenvalue weighted by molar-refractivity contribution is -0.143. The van der Waals surface area contributed by atoms with Crippen molar-refractivity contribution in [2.75, 3.05) is 6.61 Å². The largest absolute Gasteiger partial charge is 0.452 e. The van der Waals surface area contributed by atoms with Gasteiger partial charge in [0.25, 0.3) is 5.91 Å². The third-order valence-corrected chi connectivity index (χ3v) is 3.56. The highest BCUT2D eigenvalue weighted by Gasteiger charge is 2.05. The molecule has 2 aromatic rings. The molecule has 0 spiro atoms. The van der Waals surface area contributed by atoms with E-state index in [0.717, 1.165) is 9.33 Å². The molecular weight excluding hydrogens is 433 g/mol. The van der Waals surface area contributed by atoms with Gasteiger partial charge in [-0.05, 0) is 58.5 Å². The van der Waals surface area contributed by atoms with Gasteiger partial charge in [0.05, 0.1) is 0 Å². The topological polar surface area (TPSA) is 68.5 Å². The highest BCUT2D eigenvalue weighted by atomic mass is 127. The smallest absolute Gasteiger partial charge is 0.331 e. The molecule has 1 aromatic heterocycles. The van der Waals surface area contributed by atoms with Crippen molar-refractivity contribution in [3.8, 4) is 0 Å². The number of carbonyl (C=O) groups excluding carboxylic acids is 2. The first-order valence-corrected chi connectivity index (χ1v) is 8.10. The van der Waals surface area contributed by atoms with Gasteiger partial charge < -0.3 is 14.5 Å². The number of esters is 1. The lowest BCUT2D eigenvalue weighted by Crippen LogP contribution is -2.28. The molecule has 0 bridgehead atoms. The minimum absolute atomic E-state index is 0.341. The van der Waals surface area contributed by atoms with Crippen molar-refractivity contribution in [2.24, 2.45) is 0 Å². The Morgan fingerprint density at radius 2 is 1.96 bits per heavy atom. The van der Waals surface area contributed by atoms with Gasteiger partial charge in [-0.25, -0.2) is 4.79 Å². The Hall–Kier alpha value is -1.80. The van der Waals surface area contributed by atoms with Gasteiger partial charge >= 0.3 is 5.97 Å². The van der Waals surface area contributed by atoms with Crippen molar-refractivity contribution in [1.29, 1.82) is 0 Å². The molecule has 1 aromatic carbocycles. The van der Waals surface area contributed by atoms with Crippen molar-refractivity contribution in [3.63, 3.8) is 0 Å². The number of halogens is 2. The number of hydrogen-bond donors (Lipinski definition) is 1. The SMILES string of the molecule is O=C(COC(=O)/C=C/c1ccc(I)o1)NCc1ccc(Cl)cc1. The molecular formula is C16H13ClINO4. The minimum Gasteiger partial charge on any atom is -0.452 e. The van der Waals surface area contributed by atoms with Crippen molar-refractivity contribution < 1.29 is 18.7 Å². The minimum atomic E-state index is -0.613. The fourth-order valence-corrected chi connectivity index (χ4v) is 2.17. The Bertz CT molecular complexity index is 709. The number of nitrogens with one attached hydrogen (secondary N) is 1. The van der Waals surface area contributed by atoms with E-state index in [4.69, 9.17) is 20.8 Å². The van der Waals surface area contributed by atoms with Gasteiger partial charge in [-0.15, -0.1) is 0 Å². The summed E-state index contributed by atoms with van der Waals surface area (Å²) in [5, 5.41) is 3.28. The number of carbonyl (C=O) groups is 2. The second kappa shape index (κ2) is 8.73. The summed E-state index contributed by atoms with van der Waals surface area (Å²) >= 11 is 7.80. The monoisotopic (exact) mass is 445 g/mol. The Kier molecular flexibility index (Phi) is 6.66. The zero-order valence-electron chi connectivity index (χ0n) is 11.9. The lowest BCUT2D eigenvalue weighted by Gasteiger charge is -2.05. The molecule has 1 heterocycles. The van der Waals surface area contributed by atoms with Crippen LogP contribution < -0.4 is 5.32 Å². The van der Waals surface area contributed by atoms with E-state index in [1.54, 1.807) is 24.3 Å². The molecule has 0 aliphatic heterocycles. The van der Waals surface area contributed by atoms with Crippen molar-refractivity contribution in [2.45, 2.75) is 6.54 Å². The number of furan rings is 1. The van der Waals surface area contributed by atoms with E-state index >= 15 is 0 Å². The third-order valence-electron chi connectivity index (χ3n) is 2.73. The van der Waals surface area contributed by atoms with E-state index in [1.165, 1.54) is 12.2 Å². The fraction of sp³-hybridized carbons (Fsp3) is 0.125. The maximum atomic E-state index is 11.6. The molecule has 120 valence electrons. The molecule has 2 rings (SSSR count). The van der Waals surface area contributed by atoms with Crippen LogP contribution in [0.25, 0.3) is 6.08 Å². The van der Waals surface area contributed by atoms with Gasteiger partial charge in [-0.1, -0.05) is 23.7 Å². The van der Waals surface area contributed by atoms with Crippen LogP contribution in [-0.2, 0) is 20.9 Å². The quantitative estimate of drug-likeness (QED) is 0.420. The summed E-state index contributed by atoms with van der Waals surface area (Å²) in [6.07, 6.45) is 2.69. The Balaban J connectivity index is 1.70. The van der Waals surface area contributed by atoms with Gasteiger partial charge in [0.2, 0.25) is 0 Å². The van der Waals surface area contributed by atoms with Crippen LogP contribution in [0.3, 0.4) is 0 Å². The number of benzene rings is 1. The molecule has 1 amide bonds. The Morgan fingerprint density at radius 1 is 1.22 bits per heavy atom. The summed E-state index contributed by atoms with van der Waals surface area (Å²) < 4.78 is 10.8. The molecule has 5 nitrogen and oxygen atoms in total. The first-order chi connectivity index (χ1) is 11.0. The molecule has 0 radical (unpaired) electrons. The zero-order chi connectivity index (χ0) is 16.7. The molecule has 23 heavy (non-hydrogen) atoms. The first-order valence-electron chi connectivity index (χ1n) is 6.64. The highest BCUT2D eigenvalue weighted by molar-refractivity contribution is 14.1. The molecule has 0 atom stereocenters. The van der Waals surface area contributed by atoms with Crippen LogP contribution in [0.4, 0.5) is 0 Å². The number of rotatable bonds is 6. The van der Waals surface area contributed by atoms with E-state index in [1.807, 2.05) is 34.7 Å². The van der Waals surface area contributed by atoms with Crippen LogP contribution in [0, 0.1) is 3.77 Å². The highest BCUT2D eigenvalue weighted by Crippen LogP contribution is 2.11. The normalized spacial score (nSPS) is 10.7. The summed E-state index contributed by atoms with van der Waals surface area (Å²) in [5.41, 5.74) is 0.904. The van der Waals surface area contributed by atoms with Crippen molar-refractivity contribution in [1.82, 2.24) is 5.32 Å². The van der Waals surface area contributed by atoms with Crippen molar-refractivity contribution in [3.05, 3.63) is 62.6 Å². The van der Waals surface area contributed by atoms with Crippen LogP contribution in [0.15, 0.2) is 46.9 Å². The van der Waals surface area contributed by atoms with Gasteiger partial charge in [-0.2, -0.15) is 0 Å². The van der Waals surface area contributed by atoms with E-state index in [2.05, 4.69) is 5.32 Å². The first kappa shape index (κ1) is 17.6. The molecule has 0 fully saturated rings. The van der Waals surface area contributed by atoms with Crippen LogP contribution in [0.1, 0.15) is 11.3 Å². The predicted molar refractivity (Wildman–Crippen MR) is 94.7 cm³/mol. The molecule has 1 N–H and O–H groups in total. The number of ether oxygens (including phenoxy) is 1. The zero-order valence-corrected chi connectivity index (χ0v) is 14.8. The molecule has 7 heteroatoms. The standard InChI is InChI=1S/C16H13ClINO4/c17-12-3-1-11(2-4-12)9-19-15(20)10-22-16(21)8-6-13-5-7-14(18)23-13/h1-8H,9-10H2,(H,19,20)/b8-6+. The second-order valence-electron chi connectivity index (χ2n) is 4.49. The van der Waals surface area contributed by atoms with E-state index in [9.17, 15) is 9.59 Å². The summed E-state index contributed by atoms with van der Waals surface area (Å²) in [6, 6.07) is 10.6. The number of hydrogen-bond acceptors (Lipinski definition) is 4. The van der Waals surface area contributed by atoms with Gasteiger partial charge in [0.15, 0.2) is 10.4 Å². The average molecular weight is 446 g/mol. The fourth-order valence-electron chi connectivity index (χ4n) is 1.61. The predicted octanol–water partition coefficient (Wildman–Crippen LogP) is 3.41. The average Bonchev–Trinajstić information content (AvgIpc) is 2.96. The number of amides is 1. The molecule has 0 aliphatic rings. The van der Waals surface area contributed by atoms with Crippen LogP contribution in [0.5, 0.6) is 0 Å². The van der Waals surface area contributed by atoms with Crippen LogP contribution >= 0.6 is 34.2 Å². The lowest BCUT2D eigenvalue weighted by atomic mass is 10.2. The Morgan fingerprint density at radius 3 is 2.61 bits per heavy atom. The van der Waals surface area contributed by atoms with Crippen LogP contribution in [0.2, 0.25) is 5.02 Å². The molecule has 0 saturated carbocycles. The van der Waals surface area contributed by atoms with Gasteiger partial charge in [-0.3, -0.25) is 4.79 Å². The van der Waals surface area contributed by atoms with Gasteiger partial charge in [0.1, 0.15) is 5.76 Å². The second-order valence-corrected chi connectivity index (χ2v) is 5.99. The van der Waals surface area contributed by atoms with E-state index in [0.29, 0.717) is 17.3 Å². The molecule has 0 saturated heterocycles. The summed E-state index contributed by atoms with van der Waals surface area (Å²) in [6.45, 7) is 0.000671.